The van der Waals surface area contributed by atoms with Gasteiger partial charge in [0.2, 0.25) is 0 Å². The summed E-state index contributed by atoms with van der Waals surface area (Å²) < 4.78 is 36.0. The van der Waals surface area contributed by atoms with Gasteiger partial charge in [-0.1, -0.05) is 45.4 Å². The number of allylic oxidation sites excluding steroid dienone is 3. The minimum absolute atomic E-state index is 0.0482. The van der Waals surface area contributed by atoms with E-state index in [1.165, 1.54) is 6.92 Å². The van der Waals surface area contributed by atoms with Crippen LogP contribution >= 0.6 is 0 Å². The fourth-order valence-electron chi connectivity index (χ4n) is 14.5. The standard InChI is InChI=1S/C48H76O20/c1-21-30(54)37(67-41-38(34(58)32(56)25(18-50)65-41)68-39-35(59)33(57)31(55)24(17-49)64-39)36(60)40(63-21)66-29-10-11-44(3)26(45(29,4)19-51)9-12-46(5)27(44)8-7-22-23-15-43(2,42(61)62)13-14-48(23,20-52)28(53)16-47(22,46)6/h7-8,21,24-41,49-60H,9-20H2,1-6H3,(H,61,62)/t21-,24-,25-,26?,27?,28-,29+,30+,31-,32-,33+,34+,35-,36-,37+,38-,39+,40+,41+,43+,44+,45+,46-,47-,48-/m1/s1. The molecule has 5 aliphatic carbocycles. The lowest BCUT2D eigenvalue weighted by molar-refractivity contribution is -0.391. The fourth-order valence-corrected chi connectivity index (χ4v) is 14.5. The fraction of sp³-hybridized carbons (Fsp3) is 0.896. The first-order valence-corrected chi connectivity index (χ1v) is 24.3. The number of aliphatic carboxylic acids is 1. The highest BCUT2D eigenvalue weighted by atomic mass is 16.8. The highest BCUT2D eigenvalue weighted by Gasteiger charge is 2.69. The van der Waals surface area contributed by atoms with Gasteiger partial charge in [-0.3, -0.25) is 4.79 Å². The molecule has 25 atom stereocenters. The number of ether oxygens (including phenoxy) is 6. The number of aliphatic hydroxyl groups is 12. The number of rotatable bonds is 11. The van der Waals surface area contributed by atoms with Crippen molar-refractivity contribution in [1.29, 1.82) is 0 Å². The highest BCUT2D eigenvalue weighted by Crippen LogP contribution is 2.74. The Bertz CT molecular complexity index is 1920. The van der Waals surface area contributed by atoms with Gasteiger partial charge in [0.15, 0.2) is 18.9 Å². The lowest BCUT2D eigenvalue weighted by Crippen LogP contribution is -2.67. The summed E-state index contributed by atoms with van der Waals surface area (Å²) in [4.78, 5) is 12.6. The van der Waals surface area contributed by atoms with Crippen LogP contribution in [0.15, 0.2) is 23.3 Å². The zero-order chi connectivity index (χ0) is 49.8. The van der Waals surface area contributed by atoms with Gasteiger partial charge in [0.25, 0.3) is 0 Å². The first kappa shape index (κ1) is 52.5. The largest absolute Gasteiger partial charge is 0.481 e. The lowest BCUT2D eigenvalue weighted by atomic mass is 9.35. The monoisotopic (exact) mass is 972 g/mol. The van der Waals surface area contributed by atoms with Crippen LogP contribution in [0.2, 0.25) is 0 Å². The Labute approximate surface area is 396 Å². The van der Waals surface area contributed by atoms with Gasteiger partial charge >= 0.3 is 5.97 Å². The van der Waals surface area contributed by atoms with Gasteiger partial charge in [-0.15, -0.1) is 0 Å². The van der Waals surface area contributed by atoms with E-state index in [-0.39, 0.29) is 31.5 Å². The number of carboxylic acids is 1. The molecule has 8 aliphatic rings. The maximum Gasteiger partial charge on any atom is 0.309 e. The summed E-state index contributed by atoms with van der Waals surface area (Å²) in [5.41, 5.74) is -2.44. The molecule has 0 amide bonds. The molecule has 2 unspecified atom stereocenters. The zero-order valence-corrected chi connectivity index (χ0v) is 39.8. The molecule has 0 aromatic rings. The Hall–Kier alpha value is -1.77. The van der Waals surface area contributed by atoms with Crippen LogP contribution in [0.1, 0.15) is 92.9 Å². The minimum atomic E-state index is -1.92. The summed E-state index contributed by atoms with van der Waals surface area (Å²) >= 11 is 0. The summed E-state index contributed by atoms with van der Waals surface area (Å²) in [6, 6.07) is 0. The number of hydrogen-bond donors (Lipinski definition) is 13. The molecule has 8 rings (SSSR count). The third kappa shape index (κ3) is 7.82. The highest BCUT2D eigenvalue weighted by molar-refractivity contribution is 5.75. The summed E-state index contributed by atoms with van der Waals surface area (Å²) in [7, 11) is 0. The lowest BCUT2D eigenvalue weighted by Gasteiger charge is -2.70. The zero-order valence-electron chi connectivity index (χ0n) is 39.8. The molecule has 3 aliphatic heterocycles. The van der Waals surface area contributed by atoms with E-state index in [4.69, 9.17) is 28.4 Å². The van der Waals surface area contributed by atoms with Gasteiger partial charge in [0.05, 0.1) is 50.2 Å². The third-order valence-corrected chi connectivity index (χ3v) is 19.3. The number of carboxylic acid groups (broad SMARTS) is 1. The Morgan fingerprint density at radius 3 is 1.91 bits per heavy atom. The molecule has 0 radical (unpaired) electrons. The average Bonchev–Trinajstić information content (AvgIpc) is 3.30. The van der Waals surface area contributed by atoms with Crippen molar-refractivity contribution >= 4 is 5.97 Å². The van der Waals surface area contributed by atoms with Gasteiger partial charge in [0.1, 0.15) is 67.1 Å². The summed E-state index contributed by atoms with van der Waals surface area (Å²) in [5.74, 6) is -1.08. The molecule has 388 valence electrons. The molecule has 20 heteroatoms. The van der Waals surface area contributed by atoms with Crippen LogP contribution < -0.4 is 0 Å². The normalized spacial score (nSPS) is 54.9. The second-order valence-corrected chi connectivity index (χ2v) is 22.8. The number of carbonyl (C=O) groups is 1. The second-order valence-electron chi connectivity index (χ2n) is 22.8. The summed E-state index contributed by atoms with van der Waals surface area (Å²) in [6.45, 7) is 9.74. The van der Waals surface area contributed by atoms with E-state index in [2.05, 4.69) is 32.9 Å². The van der Waals surface area contributed by atoms with Crippen LogP contribution in [0.4, 0.5) is 0 Å². The van der Waals surface area contributed by atoms with Crippen molar-refractivity contribution in [2.45, 2.75) is 197 Å². The summed E-state index contributed by atoms with van der Waals surface area (Å²) in [6.07, 6.45) is -18.3. The van der Waals surface area contributed by atoms with Crippen molar-refractivity contribution in [3.05, 3.63) is 23.3 Å². The first-order valence-electron chi connectivity index (χ1n) is 24.3. The second kappa shape index (κ2) is 18.6. The smallest absolute Gasteiger partial charge is 0.309 e. The quantitative estimate of drug-likeness (QED) is 0.106. The van der Waals surface area contributed by atoms with Gasteiger partial charge in [-0.05, 0) is 93.5 Å². The van der Waals surface area contributed by atoms with Crippen molar-refractivity contribution in [3.8, 4) is 0 Å². The van der Waals surface area contributed by atoms with E-state index in [0.29, 0.717) is 44.9 Å². The van der Waals surface area contributed by atoms with Crippen molar-refractivity contribution < 1.29 is 99.6 Å². The van der Waals surface area contributed by atoms with Crippen molar-refractivity contribution in [3.63, 3.8) is 0 Å². The van der Waals surface area contributed by atoms with Crippen LogP contribution in [-0.2, 0) is 33.2 Å². The maximum atomic E-state index is 12.6. The molecule has 0 aromatic heterocycles. The van der Waals surface area contributed by atoms with E-state index in [1.807, 2.05) is 6.92 Å². The van der Waals surface area contributed by atoms with E-state index in [1.54, 1.807) is 6.92 Å². The summed E-state index contributed by atoms with van der Waals surface area (Å²) in [5, 5.41) is 141. The van der Waals surface area contributed by atoms with Gasteiger partial charge < -0.3 is 94.8 Å². The molecule has 0 spiro atoms. The molecule has 68 heavy (non-hydrogen) atoms. The number of fused-ring (bicyclic) bond motifs is 6. The number of aliphatic hydroxyl groups excluding tert-OH is 12. The Balaban J connectivity index is 1.04. The van der Waals surface area contributed by atoms with Crippen LogP contribution in [0.5, 0.6) is 0 Å². The molecule has 3 saturated heterocycles. The molecule has 13 N–H and O–H groups in total. The predicted molar refractivity (Wildman–Crippen MR) is 233 cm³/mol. The SMILES string of the molecule is C[C@H]1O[C@@H](O[C@H]2CC[C@@]3(C)C(CC[C@]4(C)C3C=CC3=C5C[C@@](C)(C(=O)O)CC[C@]5(CO)[C@H](O)C[C@]34C)[C@]2(C)CO)[C@H](O)[C@@H](O[C@@H]2O[C@H](CO)[C@@H](O)[C@H](O)[C@H]2O[C@@H]2O[C@H](CO)[C@@H](O)[C@H](O)[C@H]2O)[C@H]1O. The van der Waals surface area contributed by atoms with Gasteiger partial charge in [-0.25, -0.2) is 0 Å². The van der Waals surface area contributed by atoms with Crippen molar-refractivity contribution in [1.82, 2.24) is 0 Å². The van der Waals surface area contributed by atoms with Crippen molar-refractivity contribution in [2.75, 3.05) is 26.4 Å². The van der Waals surface area contributed by atoms with Crippen LogP contribution in [-0.4, -0.2) is 203 Å². The van der Waals surface area contributed by atoms with Gasteiger partial charge in [-0.2, -0.15) is 0 Å². The molecule has 0 aromatic carbocycles. The first-order chi connectivity index (χ1) is 31.9. The third-order valence-electron chi connectivity index (χ3n) is 19.3. The topological polar surface area (TPSA) is 335 Å². The molecule has 3 heterocycles. The Morgan fingerprint density at radius 2 is 1.29 bits per heavy atom. The molecule has 6 fully saturated rings. The minimum Gasteiger partial charge on any atom is -0.481 e. The van der Waals surface area contributed by atoms with E-state index in [9.17, 15) is 71.2 Å². The molecule has 0 bridgehead atoms. The average molecular weight is 973 g/mol. The van der Waals surface area contributed by atoms with Crippen LogP contribution in [0.25, 0.3) is 0 Å². The Kier molecular flexibility index (Phi) is 14.4. The molecular formula is C48H76O20. The number of hydrogen-bond acceptors (Lipinski definition) is 19. The molecule has 20 nitrogen and oxygen atoms in total. The van der Waals surface area contributed by atoms with E-state index in [0.717, 1.165) is 11.1 Å². The predicted octanol–water partition coefficient (Wildman–Crippen LogP) is -1.43. The van der Waals surface area contributed by atoms with Crippen LogP contribution in [0, 0.1) is 44.3 Å². The van der Waals surface area contributed by atoms with Gasteiger partial charge in [0, 0.05) is 16.2 Å². The molecular weight excluding hydrogens is 897 g/mol. The molecule has 3 saturated carbocycles. The van der Waals surface area contributed by atoms with E-state index >= 15 is 0 Å². The van der Waals surface area contributed by atoms with Crippen molar-refractivity contribution in [2.24, 2.45) is 44.3 Å². The van der Waals surface area contributed by atoms with E-state index < -0.39 is 156 Å². The Morgan fingerprint density at radius 1 is 0.676 bits per heavy atom. The maximum absolute atomic E-state index is 12.6. The van der Waals surface area contributed by atoms with Crippen LogP contribution in [0.3, 0.4) is 0 Å².